The van der Waals surface area contributed by atoms with Gasteiger partial charge in [0.1, 0.15) is 0 Å². The van der Waals surface area contributed by atoms with Crippen molar-refractivity contribution in [3.05, 3.63) is 0 Å². The molecule has 0 nitrogen and oxygen atoms in total. The molecule has 0 fully saturated rings. The molecule has 1 unspecified atom stereocenters. The average molecular weight is 162 g/mol. The van der Waals surface area contributed by atoms with Gasteiger partial charge in [-0.15, -0.1) is 0 Å². The summed E-state index contributed by atoms with van der Waals surface area (Å²) < 4.78 is 0. The normalized spacial score (nSPS) is 14.0. The summed E-state index contributed by atoms with van der Waals surface area (Å²) in [5, 5.41) is 0. The summed E-state index contributed by atoms with van der Waals surface area (Å²) in [6.07, 6.45) is 6.90. The molecule has 0 aliphatic heterocycles. The molecular weight excluding hydrogens is 144 g/mol. The minimum Gasteiger partial charge on any atom is -0.180 e. The second kappa shape index (κ2) is 6.68. The summed E-state index contributed by atoms with van der Waals surface area (Å²) in [5.41, 5.74) is 0. The third-order valence-corrected chi connectivity index (χ3v) is 2.31. The molecule has 0 heterocycles. The van der Waals surface area contributed by atoms with Gasteiger partial charge in [0.25, 0.3) is 0 Å². The van der Waals surface area contributed by atoms with Crippen LogP contribution in [0.2, 0.25) is 0 Å². The van der Waals surface area contributed by atoms with E-state index in [2.05, 4.69) is 19.6 Å². The highest BCUT2D eigenvalue weighted by Crippen LogP contribution is 2.06. The first-order valence-electron chi connectivity index (χ1n) is 3.95. The summed E-state index contributed by atoms with van der Waals surface area (Å²) >= 11 is 4.36. The Morgan fingerprint density at radius 1 is 1.33 bits per heavy atom. The highest BCUT2D eigenvalue weighted by atomic mass is 32.1. The molecule has 0 aromatic heterocycles. The van der Waals surface area contributed by atoms with Crippen LogP contribution in [0.4, 0.5) is 0 Å². The molecule has 0 saturated carbocycles. The molecule has 56 valence electrons. The summed E-state index contributed by atoms with van der Waals surface area (Å²) in [5.74, 6) is 0. The van der Waals surface area contributed by atoms with Crippen LogP contribution in [0.15, 0.2) is 0 Å². The fraction of sp³-hybridized carbons (Fsp3) is 1.00. The molecule has 0 aliphatic rings. The zero-order valence-electron chi connectivity index (χ0n) is 6.56. The topological polar surface area (TPSA) is 0 Å². The van der Waals surface area contributed by atoms with Crippen molar-refractivity contribution in [1.82, 2.24) is 0 Å². The number of hydrogen-bond donors (Lipinski definition) is 1. The summed E-state index contributed by atoms with van der Waals surface area (Å²) in [6, 6.07) is 0. The molecule has 1 atom stereocenters. The quantitative estimate of drug-likeness (QED) is 0.354. The molecular formula is C7H18SSi. The van der Waals surface area contributed by atoms with Crippen LogP contribution in [-0.4, -0.2) is 15.1 Å². The monoisotopic (exact) mass is 162 g/mol. The van der Waals surface area contributed by atoms with Crippen molar-refractivity contribution < 1.29 is 0 Å². The molecule has 0 N–H and O–H groups in total. The van der Waals surface area contributed by atoms with Gasteiger partial charge in [-0.2, -0.15) is 12.6 Å². The Bertz CT molecular complexity index is 54.9. The van der Waals surface area contributed by atoms with Crippen molar-refractivity contribution >= 4 is 22.9 Å². The predicted octanol–water partition coefficient (Wildman–Crippen LogP) is 1.58. The summed E-state index contributed by atoms with van der Waals surface area (Å²) in [4.78, 5) is 0.738. The molecule has 0 saturated heterocycles. The van der Waals surface area contributed by atoms with Gasteiger partial charge < -0.3 is 0 Å². The third-order valence-electron chi connectivity index (χ3n) is 1.48. The maximum atomic E-state index is 4.36. The van der Waals surface area contributed by atoms with E-state index >= 15 is 0 Å². The van der Waals surface area contributed by atoms with Crippen molar-refractivity contribution in [2.75, 3.05) is 0 Å². The molecule has 0 spiro atoms. The standard InChI is InChI=1S/C7H18SSi/c1-2-3-4-5-6-7(8)9/h7-8H,2-6H2,1,9H3. The fourth-order valence-corrected chi connectivity index (χ4v) is 1.46. The number of rotatable bonds is 5. The third kappa shape index (κ3) is 8.57. The van der Waals surface area contributed by atoms with Crippen molar-refractivity contribution in [2.24, 2.45) is 0 Å². The van der Waals surface area contributed by atoms with Gasteiger partial charge in [0.05, 0.1) is 0 Å². The number of thiol groups is 1. The van der Waals surface area contributed by atoms with Gasteiger partial charge in [-0.3, -0.25) is 0 Å². The minimum absolute atomic E-state index is 0.738. The van der Waals surface area contributed by atoms with Gasteiger partial charge in [-0.25, -0.2) is 0 Å². The number of unbranched alkanes of at least 4 members (excludes halogenated alkanes) is 3. The van der Waals surface area contributed by atoms with E-state index in [1.165, 1.54) is 42.3 Å². The lowest BCUT2D eigenvalue weighted by atomic mass is 10.2. The lowest BCUT2D eigenvalue weighted by molar-refractivity contribution is 0.652. The van der Waals surface area contributed by atoms with Gasteiger partial charge in [-0.05, 0) is 11.3 Å². The van der Waals surface area contributed by atoms with Gasteiger partial charge in [0.15, 0.2) is 0 Å². The molecule has 0 aliphatic carbocycles. The molecule has 0 aromatic carbocycles. The maximum absolute atomic E-state index is 4.36. The Balaban J connectivity index is 2.75. The zero-order valence-corrected chi connectivity index (χ0v) is 9.45. The van der Waals surface area contributed by atoms with E-state index in [0.717, 1.165) is 4.87 Å². The first-order valence-corrected chi connectivity index (χ1v) is 5.62. The fourth-order valence-electron chi connectivity index (χ4n) is 0.867. The minimum atomic E-state index is 0.738. The zero-order chi connectivity index (χ0) is 7.11. The molecule has 0 rings (SSSR count). The molecule has 9 heavy (non-hydrogen) atoms. The maximum Gasteiger partial charge on any atom is 0.0189 e. The smallest absolute Gasteiger partial charge is 0.0189 e. The van der Waals surface area contributed by atoms with Crippen molar-refractivity contribution in [3.63, 3.8) is 0 Å². The van der Waals surface area contributed by atoms with Crippen molar-refractivity contribution in [3.8, 4) is 0 Å². The van der Waals surface area contributed by atoms with Crippen LogP contribution in [-0.2, 0) is 0 Å². The van der Waals surface area contributed by atoms with E-state index in [-0.39, 0.29) is 0 Å². The van der Waals surface area contributed by atoms with Gasteiger partial charge in [0.2, 0.25) is 0 Å². The van der Waals surface area contributed by atoms with E-state index in [0.29, 0.717) is 0 Å². The molecule has 0 aromatic rings. The summed E-state index contributed by atoms with van der Waals surface area (Å²) in [7, 11) is 1.25. The molecule has 0 bridgehead atoms. The highest BCUT2D eigenvalue weighted by molar-refractivity contribution is 7.82. The molecule has 0 amide bonds. The Morgan fingerprint density at radius 3 is 2.44 bits per heavy atom. The van der Waals surface area contributed by atoms with Crippen molar-refractivity contribution in [2.45, 2.75) is 43.9 Å². The lowest BCUT2D eigenvalue weighted by Crippen LogP contribution is -1.95. The van der Waals surface area contributed by atoms with Gasteiger partial charge in [-0.1, -0.05) is 32.6 Å². The van der Waals surface area contributed by atoms with Crippen LogP contribution in [0.25, 0.3) is 0 Å². The van der Waals surface area contributed by atoms with Crippen LogP contribution in [0.5, 0.6) is 0 Å². The first-order chi connectivity index (χ1) is 4.27. The van der Waals surface area contributed by atoms with Crippen LogP contribution in [0.1, 0.15) is 39.0 Å². The van der Waals surface area contributed by atoms with E-state index in [4.69, 9.17) is 0 Å². The van der Waals surface area contributed by atoms with Crippen LogP contribution >= 0.6 is 12.6 Å². The average Bonchev–Trinajstić information content (AvgIpc) is 1.80. The van der Waals surface area contributed by atoms with Crippen LogP contribution in [0.3, 0.4) is 0 Å². The molecule has 0 radical (unpaired) electrons. The Morgan fingerprint density at radius 2 is 2.00 bits per heavy atom. The predicted molar refractivity (Wildman–Crippen MR) is 51.5 cm³/mol. The summed E-state index contributed by atoms with van der Waals surface area (Å²) in [6.45, 7) is 2.25. The second-order valence-corrected chi connectivity index (χ2v) is 5.95. The van der Waals surface area contributed by atoms with Crippen LogP contribution < -0.4 is 0 Å². The van der Waals surface area contributed by atoms with E-state index < -0.39 is 0 Å². The van der Waals surface area contributed by atoms with Gasteiger partial charge >= 0.3 is 0 Å². The van der Waals surface area contributed by atoms with E-state index in [1.807, 2.05) is 0 Å². The van der Waals surface area contributed by atoms with Crippen molar-refractivity contribution in [1.29, 1.82) is 0 Å². The van der Waals surface area contributed by atoms with Crippen LogP contribution in [0, 0.1) is 0 Å². The van der Waals surface area contributed by atoms with E-state index in [9.17, 15) is 0 Å². The first kappa shape index (κ1) is 9.57. The Kier molecular flexibility index (Phi) is 7.10. The van der Waals surface area contributed by atoms with E-state index in [1.54, 1.807) is 0 Å². The second-order valence-electron chi connectivity index (χ2n) is 2.70. The lowest BCUT2D eigenvalue weighted by Gasteiger charge is -2.01. The van der Waals surface area contributed by atoms with Gasteiger partial charge in [0, 0.05) is 10.2 Å². The Labute approximate surface area is 67.3 Å². The number of hydrogen-bond acceptors (Lipinski definition) is 1. The SMILES string of the molecule is CCCCCCC([SiH3])S. The molecule has 2 heteroatoms. The highest BCUT2D eigenvalue weighted by Gasteiger charge is 1.92. The largest absolute Gasteiger partial charge is 0.180 e. The Hall–Kier alpha value is 0.567.